The minimum absolute atomic E-state index is 0.221. The van der Waals surface area contributed by atoms with E-state index in [2.05, 4.69) is 41.1 Å². The summed E-state index contributed by atoms with van der Waals surface area (Å²) in [7, 11) is 2.11. The number of nitrogens with zero attached hydrogens (tertiary/aromatic N) is 1. The number of carbonyl (C=O) groups is 1. The van der Waals surface area contributed by atoms with E-state index >= 15 is 0 Å². The van der Waals surface area contributed by atoms with Crippen LogP contribution in [0.4, 0.5) is 0 Å². The summed E-state index contributed by atoms with van der Waals surface area (Å²) < 4.78 is 1.01. The Bertz CT molecular complexity index is 394. The molecular formula is C15H22BrNOS. The number of benzene rings is 1. The van der Waals surface area contributed by atoms with Gasteiger partial charge in [0.1, 0.15) is 0 Å². The third kappa shape index (κ3) is 5.67. The van der Waals surface area contributed by atoms with E-state index in [-0.39, 0.29) is 5.78 Å². The molecule has 0 spiro atoms. The summed E-state index contributed by atoms with van der Waals surface area (Å²) in [5.41, 5.74) is 0.800. The Hall–Kier alpha value is -0.320. The average molecular weight is 344 g/mol. The van der Waals surface area contributed by atoms with Crippen molar-refractivity contribution in [1.82, 2.24) is 4.90 Å². The summed E-state index contributed by atoms with van der Waals surface area (Å²) >= 11 is 5.24. The molecule has 0 saturated heterocycles. The predicted molar refractivity (Wildman–Crippen MR) is 88.2 cm³/mol. The summed E-state index contributed by atoms with van der Waals surface area (Å²) in [6.07, 6.45) is 3.84. The van der Waals surface area contributed by atoms with Crippen LogP contribution in [0.5, 0.6) is 0 Å². The zero-order valence-corrected chi connectivity index (χ0v) is 14.3. The van der Waals surface area contributed by atoms with Crippen LogP contribution in [0.15, 0.2) is 28.7 Å². The third-order valence-electron chi connectivity index (χ3n) is 3.31. The molecule has 0 bridgehead atoms. The zero-order valence-electron chi connectivity index (χ0n) is 11.9. The second-order valence-corrected chi connectivity index (χ2v) is 6.50. The first-order chi connectivity index (χ1) is 9.08. The summed E-state index contributed by atoms with van der Waals surface area (Å²) in [6, 6.07) is 8.16. The molecule has 1 aromatic carbocycles. The second-order valence-electron chi connectivity index (χ2n) is 4.68. The average Bonchev–Trinajstić information content (AvgIpc) is 2.42. The number of carbonyl (C=O) groups excluding carboxylic acids is 1. The van der Waals surface area contributed by atoms with Gasteiger partial charge in [-0.25, -0.2) is 0 Å². The van der Waals surface area contributed by atoms with Crippen molar-refractivity contribution >= 4 is 33.5 Å². The number of Topliss-reactive ketones (excluding diaryl/α,β-unsaturated/α-hetero) is 1. The summed E-state index contributed by atoms with van der Waals surface area (Å²) in [6.45, 7) is 3.03. The molecule has 4 heteroatoms. The third-order valence-corrected chi connectivity index (χ3v) is 4.56. The van der Waals surface area contributed by atoms with Crippen molar-refractivity contribution in [2.24, 2.45) is 0 Å². The Morgan fingerprint density at radius 2 is 2.00 bits per heavy atom. The fourth-order valence-electron chi connectivity index (χ4n) is 1.99. The molecule has 106 valence electrons. The quantitative estimate of drug-likeness (QED) is 0.663. The van der Waals surface area contributed by atoms with Crippen LogP contribution in [0.2, 0.25) is 0 Å². The molecule has 0 heterocycles. The second kappa shape index (κ2) is 8.77. The van der Waals surface area contributed by atoms with E-state index in [0.717, 1.165) is 28.8 Å². The lowest BCUT2D eigenvalue weighted by molar-refractivity contribution is 0.0962. The molecule has 2 nitrogen and oxygen atoms in total. The Morgan fingerprint density at radius 3 is 2.53 bits per heavy atom. The van der Waals surface area contributed by atoms with Gasteiger partial charge in [-0.3, -0.25) is 4.79 Å². The standard InChI is InChI=1S/C15H22BrNOS/c1-4-14(11-19-3)17(2)10-9-15(18)12-5-7-13(16)8-6-12/h5-8,14H,4,9-11H2,1-3H3. The molecule has 0 fully saturated rings. The van der Waals surface area contributed by atoms with Gasteiger partial charge >= 0.3 is 0 Å². The van der Waals surface area contributed by atoms with Gasteiger partial charge in [0.15, 0.2) is 5.78 Å². The highest BCUT2D eigenvalue weighted by molar-refractivity contribution is 9.10. The van der Waals surface area contributed by atoms with Crippen molar-refractivity contribution in [2.75, 3.05) is 25.6 Å². The predicted octanol–water partition coefficient (Wildman–Crippen LogP) is 4.10. The van der Waals surface area contributed by atoms with Crippen molar-refractivity contribution in [3.63, 3.8) is 0 Å². The molecule has 0 aliphatic rings. The number of hydrogen-bond acceptors (Lipinski definition) is 3. The first kappa shape index (κ1) is 16.7. The number of thioether (sulfide) groups is 1. The maximum Gasteiger partial charge on any atom is 0.164 e. The van der Waals surface area contributed by atoms with Crippen LogP contribution < -0.4 is 0 Å². The van der Waals surface area contributed by atoms with Gasteiger partial charge in [0.05, 0.1) is 0 Å². The largest absolute Gasteiger partial charge is 0.302 e. The first-order valence-electron chi connectivity index (χ1n) is 6.56. The molecule has 0 aromatic heterocycles. The normalized spacial score (nSPS) is 12.7. The lowest BCUT2D eigenvalue weighted by Gasteiger charge is -2.26. The van der Waals surface area contributed by atoms with Crippen LogP contribution in [-0.2, 0) is 0 Å². The maximum absolute atomic E-state index is 12.1. The van der Waals surface area contributed by atoms with Crippen LogP contribution in [0, 0.1) is 0 Å². The molecule has 0 saturated carbocycles. The van der Waals surface area contributed by atoms with Crippen LogP contribution in [0.1, 0.15) is 30.1 Å². The van der Waals surface area contributed by atoms with Gasteiger partial charge in [0.2, 0.25) is 0 Å². The van der Waals surface area contributed by atoms with Gasteiger partial charge in [0, 0.05) is 34.8 Å². The van der Waals surface area contributed by atoms with E-state index in [1.165, 1.54) is 0 Å². The summed E-state index contributed by atoms with van der Waals surface area (Å²) in [5.74, 6) is 1.35. The highest BCUT2D eigenvalue weighted by Gasteiger charge is 2.14. The fraction of sp³-hybridized carbons (Fsp3) is 0.533. The lowest BCUT2D eigenvalue weighted by atomic mass is 10.1. The van der Waals surface area contributed by atoms with Crippen molar-refractivity contribution in [2.45, 2.75) is 25.8 Å². The SMILES string of the molecule is CCC(CSC)N(C)CCC(=O)c1ccc(Br)cc1. The zero-order chi connectivity index (χ0) is 14.3. The van der Waals surface area contributed by atoms with E-state index in [1.807, 2.05) is 36.0 Å². The number of rotatable bonds is 8. The van der Waals surface area contributed by atoms with Crippen molar-refractivity contribution in [3.05, 3.63) is 34.3 Å². The van der Waals surface area contributed by atoms with Crippen LogP contribution in [-0.4, -0.2) is 42.3 Å². The Morgan fingerprint density at radius 1 is 1.37 bits per heavy atom. The smallest absolute Gasteiger partial charge is 0.164 e. The van der Waals surface area contributed by atoms with E-state index in [0.29, 0.717) is 12.5 Å². The Balaban J connectivity index is 2.47. The van der Waals surface area contributed by atoms with Crippen LogP contribution >= 0.6 is 27.7 Å². The van der Waals surface area contributed by atoms with Gasteiger partial charge in [-0.05, 0) is 31.9 Å². The molecule has 0 radical (unpaired) electrons. The lowest BCUT2D eigenvalue weighted by Crippen LogP contribution is -2.34. The Kier molecular flexibility index (Phi) is 7.73. The molecule has 0 aliphatic carbocycles. The van der Waals surface area contributed by atoms with Gasteiger partial charge in [-0.2, -0.15) is 11.8 Å². The summed E-state index contributed by atoms with van der Waals surface area (Å²) in [4.78, 5) is 14.4. The molecule has 1 unspecified atom stereocenters. The van der Waals surface area contributed by atoms with Crippen molar-refractivity contribution < 1.29 is 4.79 Å². The first-order valence-corrected chi connectivity index (χ1v) is 8.75. The van der Waals surface area contributed by atoms with Crippen molar-refractivity contribution in [3.8, 4) is 0 Å². The Labute approximate surface area is 129 Å². The topological polar surface area (TPSA) is 20.3 Å². The van der Waals surface area contributed by atoms with Gasteiger partial charge in [-0.15, -0.1) is 0 Å². The van der Waals surface area contributed by atoms with E-state index < -0.39 is 0 Å². The number of ketones is 1. The maximum atomic E-state index is 12.1. The van der Waals surface area contributed by atoms with Gasteiger partial charge in [-0.1, -0.05) is 35.0 Å². The highest BCUT2D eigenvalue weighted by atomic mass is 79.9. The molecule has 1 aromatic rings. The van der Waals surface area contributed by atoms with E-state index in [4.69, 9.17) is 0 Å². The molecule has 0 aliphatic heterocycles. The van der Waals surface area contributed by atoms with Crippen LogP contribution in [0.25, 0.3) is 0 Å². The fourth-order valence-corrected chi connectivity index (χ4v) is 3.13. The van der Waals surface area contributed by atoms with Crippen LogP contribution in [0.3, 0.4) is 0 Å². The minimum Gasteiger partial charge on any atom is -0.302 e. The minimum atomic E-state index is 0.221. The van der Waals surface area contributed by atoms with Gasteiger partial charge < -0.3 is 4.90 Å². The molecular weight excluding hydrogens is 322 g/mol. The summed E-state index contributed by atoms with van der Waals surface area (Å²) in [5, 5.41) is 0. The molecule has 0 N–H and O–H groups in total. The number of hydrogen-bond donors (Lipinski definition) is 0. The molecule has 0 amide bonds. The van der Waals surface area contributed by atoms with E-state index in [1.54, 1.807) is 0 Å². The molecule has 19 heavy (non-hydrogen) atoms. The van der Waals surface area contributed by atoms with Crippen molar-refractivity contribution in [1.29, 1.82) is 0 Å². The van der Waals surface area contributed by atoms with E-state index in [9.17, 15) is 4.79 Å². The number of halogens is 1. The van der Waals surface area contributed by atoms with Gasteiger partial charge in [0.25, 0.3) is 0 Å². The molecule has 1 rings (SSSR count). The molecule has 1 atom stereocenters. The highest BCUT2D eigenvalue weighted by Crippen LogP contribution is 2.13. The monoisotopic (exact) mass is 343 g/mol.